The Morgan fingerprint density at radius 3 is 1.56 bits per heavy atom. The van der Waals surface area contributed by atoms with E-state index >= 15 is 0 Å². The number of benzene rings is 2. The van der Waals surface area contributed by atoms with Crippen molar-refractivity contribution < 1.29 is 0 Å². The fraction of sp³-hybridized carbons (Fsp3) is 0.429. The smallest absolute Gasteiger partial charge is 0.0639 e. The van der Waals surface area contributed by atoms with E-state index in [4.69, 9.17) is 23.2 Å². The molecule has 2 saturated heterocycles. The van der Waals surface area contributed by atoms with Crippen LogP contribution in [0.4, 0.5) is 11.4 Å². The average molecular weight is 429 g/mol. The molecule has 6 heteroatoms. The fourth-order valence-electron chi connectivity index (χ4n) is 3.46. The van der Waals surface area contributed by atoms with Gasteiger partial charge in [-0.1, -0.05) is 47.5 Å². The summed E-state index contributed by atoms with van der Waals surface area (Å²) >= 11 is 12.2. The maximum absolute atomic E-state index is 6.12. The summed E-state index contributed by atoms with van der Waals surface area (Å²) in [6.45, 7) is 6.50. The van der Waals surface area contributed by atoms with Gasteiger partial charge in [0.1, 0.15) is 0 Å². The molecule has 2 fully saturated rings. The molecule has 2 aliphatic heterocycles. The van der Waals surface area contributed by atoms with Crippen LogP contribution in [0.5, 0.6) is 0 Å². The molecule has 0 aromatic heterocycles. The van der Waals surface area contributed by atoms with Crippen molar-refractivity contribution in [2.24, 2.45) is 0 Å². The number of rotatable bonds is 2. The molecule has 0 spiro atoms. The highest BCUT2D eigenvalue weighted by molar-refractivity contribution is 6.33. The summed E-state index contributed by atoms with van der Waals surface area (Å²) in [7, 11) is 0. The molecule has 2 aromatic carbocycles. The molecule has 3 nitrogen and oxygen atoms in total. The van der Waals surface area contributed by atoms with E-state index in [0.29, 0.717) is 0 Å². The maximum Gasteiger partial charge on any atom is 0.0639 e. The van der Waals surface area contributed by atoms with Crippen molar-refractivity contribution in [1.29, 1.82) is 0 Å². The van der Waals surface area contributed by atoms with E-state index in [1.807, 2.05) is 30.3 Å². The van der Waals surface area contributed by atoms with Gasteiger partial charge in [0.05, 0.1) is 21.4 Å². The minimum absolute atomic E-state index is 0. The zero-order valence-electron chi connectivity index (χ0n) is 15.5. The molecule has 0 atom stereocenters. The van der Waals surface area contributed by atoms with Crippen LogP contribution in [-0.4, -0.2) is 39.3 Å². The Kier molecular flexibility index (Phi) is 9.57. The number of hydrogen-bond donors (Lipinski definition) is 1. The normalized spacial score (nSPS) is 16.8. The van der Waals surface area contributed by atoms with E-state index in [2.05, 4.69) is 33.3 Å². The third-order valence-electron chi connectivity index (χ3n) is 4.86. The number of piperidine rings is 1. The van der Waals surface area contributed by atoms with E-state index in [9.17, 15) is 0 Å². The van der Waals surface area contributed by atoms with Crippen molar-refractivity contribution in [2.45, 2.75) is 19.3 Å². The molecular formula is C21H28Cl3N3. The Hall–Kier alpha value is -1.13. The van der Waals surface area contributed by atoms with Crippen molar-refractivity contribution in [1.82, 2.24) is 5.32 Å². The molecule has 2 aromatic rings. The molecule has 27 heavy (non-hydrogen) atoms. The molecule has 0 bridgehead atoms. The molecule has 0 aliphatic carbocycles. The second-order valence-corrected chi connectivity index (χ2v) is 7.50. The second kappa shape index (κ2) is 11.7. The van der Waals surface area contributed by atoms with E-state index in [0.717, 1.165) is 55.0 Å². The molecule has 0 unspecified atom stereocenters. The quantitative estimate of drug-likeness (QED) is 0.681. The Morgan fingerprint density at radius 1 is 0.630 bits per heavy atom. The molecule has 0 radical (unpaired) electrons. The van der Waals surface area contributed by atoms with Crippen LogP contribution in [-0.2, 0) is 0 Å². The van der Waals surface area contributed by atoms with Gasteiger partial charge in [0.15, 0.2) is 0 Å². The van der Waals surface area contributed by atoms with Gasteiger partial charge in [-0.25, -0.2) is 0 Å². The van der Waals surface area contributed by atoms with Gasteiger partial charge in [-0.15, -0.1) is 12.4 Å². The standard InChI is InChI=1S/C11H14ClN.C10H13ClN2.ClH/c12-10-6-2-3-7-11(10)13-8-4-1-5-9-13;11-9-3-1-2-4-10(9)13-7-5-12-6-8-13;/h2-3,6-7H,1,4-5,8-9H2;1-4,12H,5-8H2;1H. The summed E-state index contributed by atoms with van der Waals surface area (Å²) in [5.41, 5.74) is 2.36. The van der Waals surface area contributed by atoms with Crippen LogP contribution >= 0.6 is 35.6 Å². The third-order valence-corrected chi connectivity index (χ3v) is 5.50. The first kappa shape index (κ1) is 22.2. The second-order valence-electron chi connectivity index (χ2n) is 6.69. The predicted molar refractivity (Wildman–Crippen MR) is 121 cm³/mol. The van der Waals surface area contributed by atoms with Crippen LogP contribution in [0, 0.1) is 0 Å². The molecule has 2 aliphatic rings. The minimum Gasteiger partial charge on any atom is -0.370 e. The Bertz CT molecular complexity index is 624. The van der Waals surface area contributed by atoms with Crippen LogP contribution < -0.4 is 15.1 Å². The average Bonchev–Trinajstić information content (AvgIpc) is 2.71. The molecule has 2 heterocycles. The van der Waals surface area contributed by atoms with Gasteiger partial charge >= 0.3 is 0 Å². The zero-order valence-corrected chi connectivity index (χ0v) is 17.9. The van der Waals surface area contributed by atoms with Crippen LogP contribution in [0.15, 0.2) is 48.5 Å². The van der Waals surface area contributed by atoms with Crippen molar-refractivity contribution in [2.75, 3.05) is 49.1 Å². The van der Waals surface area contributed by atoms with E-state index in [1.54, 1.807) is 0 Å². The predicted octanol–water partition coefficient (Wildman–Crippen LogP) is 5.50. The maximum atomic E-state index is 6.12. The first-order chi connectivity index (χ1) is 12.8. The number of halogens is 3. The number of para-hydroxylation sites is 2. The number of anilines is 2. The van der Waals surface area contributed by atoms with Gasteiger partial charge in [-0.2, -0.15) is 0 Å². The van der Waals surface area contributed by atoms with Gasteiger partial charge in [0.25, 0.3) is 0 Å². The Balaban J connectivity index is 0.000000187. The van der Waals surface area contributed by atoms with Crippen LogP contribution in [0.1, 0.15) is 19.3 Å². The lowest BCUT2D eigenvalue weighted by molar-refractivity contribution is 0.578. The highest BCUT2D eigenvalue weighted by Gasteiger charge is 2.13. The number of nitrogens with zero attached hydrogens (tertiary/aromatic N) is 2. The minimum atomic E-state index is 0. The topological polar surface area (TPSA) is 18.5 Å². The molecule has 148 valence electrons. The fourth-order valence-corrected chi connectivity index (χ4v) is 3.97. The summed E-state index contributed by atoms with van der Waals surface area (Å²) in [5.74, 6) is 0. The highest BCUT2D eigenvalue weighted by atomic mass is 35.5. The van der Waals surface area contributed by atoms with Gasteiger partial charge in [-0.05, 0) is 43.5 Å². The van der Waals surface area contributed by atoms with Crippen LogP contribution in [0.25, 0.3) is 0 Å². The van der Waals surface area contributed by atoms with E-state index < -0.39 is 0 Å². The van der Waals surface area contributed by atoms with Gasteiger partial charge in [0, 0.05) is 39.3 Å². The third kappa shape index (κ3) is 6.46. The van der Waals surface area contributed by atoms with Crippen molar-refractivity contribution in [3.05, 3.63) is 58.6 Å². The van der Waals surface area contributed by atoms with Gasteiger partial charge in [-0.3, -0.25) is 0 Å². The molecule has 1 N–H and O–H groups in total. The van der Waals surface area contributed by atoms with Crippen molar-refractivity contribution in [3.63, 3.8) is 0 Å². The summed E-state index contributed by atoms with van der Waals surface area (Å²) in [6.07, 6.45) is 3.96. The summed E-state index contributed by atoms with van der Waals surface area (Å²) in [6, 6.07) is 16.1. The lowest BCUT2D eigenvalue weighted by Gasteiger charge is -2.30. The monoisotopic (exact) mass is 427 g/mol. The summed E-state index contributed by atoms with van der Waals surface area (Å²) in [4.78, 5) is 4.70. The Labute approximate surface area is 179 Å². The molecule has 0 saturated carbocycles. The number of hydrogen-bond acceptors (Lipinski definition) is 3. The van der Waals surface area contributed by atoms with Crippen LogP contribution in [0.2, 0.25) is 10.0 Å². The largest absolute Gasteiger partial charge is 0.370 e. The van der Waals surface area contributed by atoms with E-state index in [-0.39, 0.29) is 12.4 Å². The molecule has 0 amide bonds. The summed E-state index contributed by atoms with van der Waals surface area (Å²) in [5, 5.41) is 5.05. The summed E-state index contributed by atoms with van der Waals surface area (Å²) < 4.78 is 0. The lowest BCUT2D eigenvalue weighted by atomic mass is 10.1. The molecular weight excluding hydrogens is 401 g/mol. The SMILES string of the molecule is Cl.Clc1ccccc1N1CCCCC1.Clc1ccccc1N1CCNCC1. The van der Waals surface area contributed by atoms with Crippen LogP contribution in [0.3, 0.4) is 0 Å². The van der Waals surface area contributed by atoms with Crippen molar-refractivity contribution in [3.8, 4) is 0 Å². The van der Waals surface area contributed by atoms with E-state index in [1.165, 1.54) is 24.9 Å². The van der Waals surface area contributed by atoms with Crippen molar-refractivity contribution >= 4 is 47.0 Å². The first-order valence-corrected chi connectivity index (χ1v) is 10.2. The number of nitrogens with one attached hydrogen (secondary N) is 1. The highest BCUT2D eigenvalue weighted by Crippen LogP contribution is 2.27. The van der Waals surface area contributed by atoms with Gasteiger partial charge < -0.3 is 15.1 Å². The Morgan fingerprint density at radius 2 is 1.07 bits per heavy atom. The lowest BCUT2D eigenvalue weighted by Crippen LogP contribution is -2.43. The zero-order chi connectivity index (χ0) is 18.2. The van der Waals surface area contributed by atoms with Gasteiger partial charge in [0.2, 0.25) is 0 Å². The number of piperazine rings is 1. The molecule has 4 rings (SSSR count). The first-order valence-electron chi connectivity index (χ1n) is 9.45.